The largest absolute Gasteiger partial charge is 0.324 e. The summed E-state index contributed by atoms with van der Waals surface area (Å²) in [6.45, 7) is 5.57. The van der Waals surface area contributed by atoms with Crippen molar-refractivity contribution >= 4 is 51.3 Å². The van der Waals surface area contributed by atoms with Gasteiger partial charge in [0.05, 0.1) is 21.4 Å². The summed E-state index contributed by atoms with van der Waals surface area (Å²) in [7, 11) is -1.79. The quantitative estimate of drug-likeness (QED) is 0.510. The van der Waals surface area contributed by atoms with Gasteiger partial charge in [0.2, 0.25) is 5.91 Å². The third-order valence-corrected chi connectivity index (χ3v) is 5.78. The van der Waals surface area contributed by atoms with Gasteiger partial charge in [-0.1, -0.05) is 29.8 Å². The van der Waals surface area contributed by atoms with E-state index in [-0.39, 0.29) is 5.71 Å². The van der Waals surface area contributed by atoms with Crippen molar-refractivity contribution in [3.8, 4) is 0 Å². The number of amides is 2. The van der Waals surface area contributed by atoms with E-state index in [1.165, 1.54) is 0 Å². The van der Waals surface area contributed by atoms with Gasteiger partial charge in [-0.3, -0.25) is 13.8 Å². The molecule has 0 unspecified atom stereocenters. The lowest BCUT2D eigenvalue weighted by Gasteiger charge is -2.26. The molecule has 9 heteroatoms. The zero-order valence-corrected chi connectivity index (χ0v) is 17.7. The van der Waals surface area contributed by atoms with Crippen LogP contribution in [0.4, 0.5) is 11.4 Å². The van der Waals surface area contributed by atoms with E-state index < -0.39 is 33.4 Å². The summed E-state index contributed by atoms with van der Waals surface area (Å²) in [4.78, 5) is 26.2. The Labute approximate surface area is 176 Å². The Balaban J connectivity index is 1.98. The molecular weight excluding hydrogens is 412 g/mol. The molecule has 7 nitrogen and oxygen atoms in total. The van der Waals surface area contributed by atoms with Gasteiger partial charge in [0.25, 0.3) is 5.91 Å². The standard InChI is InChI=1S/C20H21ClN4O3S/c1-20(2,3)25-24-16(18(26)22-13-8-6-7-12(21)11-13)17-19(27)23-14-9-4-5-10-15(14)29(17)28/h4-11,17,25H,1-3H3,(H,22,26)(H,23,27)/b24-16-/t17-,29-/m0/s1. The van der Waals surface area contributed by atoms with Gasteiger partial charge in [-0.25, -0.2) is 0 Å². The lowest BCUT2D eigenvalue weighted by atomic mass is 10.1. The third-order valence-electron chi connectivity index (χ3n) is 3.89. The first kappa shape index (κ1) is 21.0. The molecule has 0 bridgehead atoms. The molecule has 2 atom stereocenters. The highest BCUT2D eigenvalue weighted by Crippen LogP contribution is 2.28. The van der Waals surface area contributed by atoms with Crippen molar-refractivity contribution in [1.82, 2.24) is 5.43 Å². The Bertz CT molecular complexity index is 1020. The number of para-hydroxylation sites is 1. The summed E-state index contributed by atoms with van der Waals surface area (Å²) >= 11 is 5.97. The van der Waals surface area contributed by atoms with E-state index in [9.17, 15) is 13.8 Å². The van der Waals surface area contributed by atoms with Gasteiger partial charge in [0.15, 0.2) is 11.0 Å². The molecule has 0 spiro atoms. The first-order valence-corrected chi connectivity index (χ1v) is 10.5. The van der Waals surface area contributed by atoms with Crippen molar-refractivity contribution < 1.29 is 13.8 Å². The lowest BCUT2D eigenvalue weighted by molar-refractivity contribution is -0.116. The molecule has 1 heterocycles. The maximum atomic E-state index is 13.1. The van der Waals surface area contributed by atoms with Crippen LogP contribution in [0.2, 0.25) is 5.02 Å². The van der Waals surface area contributed by atoms with Crippen LogP contribution in [0.3, 0.4) is 0 Å². The van der Waals surface area contributed by atoms with Crippen molar-refractivity contribution in [3.05, 3.63) is 53.6 Å². The molecule has 3 N–H and O–H groups in total. The zero-order valence-electron chi connectivity index (χ0n) is 16.2. The molecule has 0 fully saturated rings. The summed E-state index contributed by atoms with van der Waals surface area (Å²) < 4.78 is 13.1. The van der Waals surface area contributed by atoms with Crippen LogP contribution in [0, 0.1) is 0 Å². The number of carbonyl (C=O) groups is 2. The Morgan fingerprint density at radius 2 is 1.90 bits per heavy atom. The van der Waals surface area contributed by atoms with E-state index in [0.29, 0.717) is 21.3 Å². The van der Waals surface area contributed by atoms with Crippen LogP contribution < -0.4 is 16.1 Å². The Morgan fingerprint density at radius 3 is 2.59 bits per heavy atom. The fraction of sp³-hybridized carbons (Fsp3) is 0.250. The minimum Gasteiger partial charge on any atom is -0.324 e. The predicted molar refractivity (Wildman–Crippen MR) is 116 cm³/mol. The molecule has 2 aromatic carbocycles. The van der Waals surface area contributed by atoms with Crippen molar-refractivity contribution in [2.45, 2.75) is 36.5 Å². The number of nitrogens with zero attached hydrogens (tertiary/aromatic N) is 1. The molecule has 0 aliphatic carbocycles. The molecular formula is C20H21ClN4O3S. The van der Waals surface area contributed by atoms with E-state index in [2.05, 4.69) is 21.2 Å². The van der Waals surface area contributed by atoms with Gasteiger partial charge in [0, 0.05) is 16.2 Å². The second kappa shape index (κ2) is 8.34. The van der Waals surface area contributed by atoms with Crippen molar-refractivity contribution in [2.75, 3.05) is 10.6 Å². The number of hydrogen-bond donors (Lipinski definition) is 3. The predicted octanol–water partition coefficient (Wildman–Crippen LogP) is 3.15. The maximum absolute atomic E-state index is 13.1. The van der Waals surface area contributed by atoms with Crippen molar-refractivity contribution in [2.24, 2.45) is 5.10 Å². The first-order valence-electron chi connectivity index (χ1n) is 8.88. The highest BCUT2D eigenvalue weighted by Gasteiger charge is 2.40. The van der Waals surface area contributed by atoms with Crippen LogP contribution in [0.5, 0.6) is 0 Å². The molecule has 2 aromatic rings. The van der Waals surface area contributed by atoms with Crippen LogP contribution in [0.1, 0.15) is 20.8 Å². The molecule has 2 amide bonds. The third kappa shape index (κ3) is 5.02. The number of nitrogens with one attached hydrogen (secondary N) is 3. The number of hydrazone groups is 1. The summed E-state index contributed by atoms with van der Waals surface area (Å²) in [5.74, 6) is -1.20. The molecule has 0 saturated heterocycles. The second-order valence-electron chi connectivity index (χ2n) is 7.49. The molecule has 0 radical (unpaired) electrons. The van der Waals surface area contributed by atoms with Crippen LogP contribution in [-0.2, 0) is 20.4 Å². The fourth-order valence-electron chi connectivity index (χ4n) is 2.61. The van der Waals surface area contributed by atoms with Crippen LogP contribution >= 0.6 is 11.6 Å². The monoisotopic (exact) mass is 432 g/mol. The molecule has 3 rings (SSSR count). The summed E-state index contributed by atoms with van der Waals surface area (Å²) in [5.41, 5.74) is 3.11. The minimum atomic E-state index is -1.79. The zero-order chi connectivity index (χ0) is 21.2. The number of benzene rings is 2. The maximum Gasteiger partial charge on any atom is 0.273 e. The van der Waals surface area contributed by atoms with E-state index >= 15 is 0 Å². The lowest BCUT2D eigenvalue weighted by Crippen LogP contribution is -2.48. The fourth-order valence-corrected chi connectivity index (χ4v) is 4.22. The highest BCUT2D eigenvalue weighted by molar-refractivity contribution is 7.88. The summed E-state index contributed by atoms with van der Waals surface area (Å²) in [6, 6.07) is 13.4. The molecule has 0 saturated carbocycles. The molecule has 1 aliphatic heterocycles. The van der Waals surface area contributed by atoms with Gasteiger partial charge in [-0.15, -0.1) is 0 Å². The number of carbonyl (C=O) groups excluding carboxylic acids is 2. The number of anilines is 2. The molecule has 0 aromatic heterocycles. The smallest absolute Gasteiger partial charge is 0.273 e. The van der Waals surface area contributed by atoms with Crippen molar-refractivity contribution in [3.63, 3.8) is 0 Å². The number of hydrogen-bond acceptors (Lipinski definition) is 5. The summed E-state index contributed by atoms with van der Waals surface area (Å²) in [5, 5.41) is 8.74. The second-order valence-corrected chi connectivity index (χ2v) is 9.43. The van der Waals surface area contributed by atoms with E-state index in [4.69, 9.17) is 11.6 Å². The van der Waals surface area contributed by atoms with Gasteiger partial charge >= 0.3 is 0 Å². The van der Waals surface area contributed by atoms with Crippen LogP contribution in [0.25, 0.3) is 0 Å². The van der Waals surface area contributed by atoms with Gasteiger partial charge in [-0.2, -0.15) is 5.10 Å². The van der Waals surface area contributed by atoms with Crippen LogP contribution in [-0.4, -0.2) is 32.5 Å². The Morgan fingerprint density at radius 1 is 1.17 bits per heavy atom. The number of fused-ring (bicyclic) bond motifs is 1. The SMILES string of the molecule is CC(C)(C)N/N=C(\C(=O)Nc1cccc(Cl)c1)[C@H]1C(=O)Nc2ccccc2[S@@]1=O. The number of rotatable bonds is 4. The van der Waals surface area contributed by atoms with Crippen molar-refractivity contribution in [1.29, 1.82) is 0 Å². The van der Waals surface area contributed by atoms with Gasteiger partial charge in [0.1, 0.15) is 0 Å². The normalized spacial score (nSPS) is 19.2. The van der Waals surface area contributed by atoms with Gasteiger partial charge < -0.3 is 16.1 Å². The summed E-state index contributed by atoms with van der Waals surface area (Å²) in [6.07, 6.45) is 0. The highest BCUT2D eigenvalue weighted by atomic mass is 35.5. The average Bonchev–Trinajstić information content (AvgIpc) is 2.63. The Hall–Kier alpha value is -2.71. The average molecular weight is 433 g/mol. The van der Waals surface area contributed by atoms with E-state index in [0.717, 1.165) is 0 Å². The van der Waals surface area contributed by atoms with E-state index in [1.54, 1.807) is 48.5 Å². The Kier molecular flexibility index (Phi) is 6.04. The number of halogens is 1. The molecule has 29 heavy (non-hydrogen) atoms. The first-order chi connectivity index (χ1) is 13.7. The topological polar surface area (TPSA) is 99.7 Å². The van der Waals surface area contributed by atoms with E-state index in [1.807, 2.05) is 20.8 Å². The molecule has 152 valence electrons. The minimum absolute atomic E-state index is 0.176. The van der Waals surface area contributed by atoms with Crippen LogP contribution in [0.15, 0.2) is 58.5 Å². The van der Waals surface area contributed by atoms with Gasteiger partial charge in [-0.05, 0) is 51.1 Å². The molecule has 1 aliphatic rings.